The van der Waals surface area contributed by atoms with Crippen LogP contribution in [-0.2, 0) is 16.0 Å². The highest BCUT2D eigenvalue weighted by Crippen LogP contribution is 2.40. The third kappa shape index (κ3) is 5.86. The molecule has 1 heterocycles. The van der Waals surface area contributed by atoms with Gasteiger partial charge in [0.1, 0.15) is 11.6 Å². The second-order valence-corrected chi connectivity index (χ2v) is 8.56. The van der Waals surface area contributed by atoms with Crippen molar-refractivity contribution in [2.24, 2.45) is 0 Å². The lowest BCUT2D eigenvalue weighted by molar-refractivity contribution is -0.219. The Labute approximate surface area is 199 Å². The first-order valence-electron chi connectivity index (χ1n) is 11.0. The van der Waals surface area contributed by atoms with Crippen LogP contribution in [0.15, 0.2) is 72.8 Å². The highest BCUT2D eigenvalue weighted by molar-refractivity contribution is 5.76. The number of alkyl halides is 3. The van der Waals surface area contributed by atoms with Crippen LogP contribution in [0.4, 0.5) is 22.0 Å². The van der Waals surface area contributed by atoms with Crippen molar-refractivity contribution in [1.82, 2.24) is 10.6 Å². The molecule has 184 valence electrons. The van der Waals surface area contributed by atoms with Gasteiger partial charge in [0.05, 0.1) is 12.1 Å². The normalized spacial score (nSPS) is 22.2. The summed E-state index contributed by atoms with van der Waals surface area (Å²) in [5.41, 5.74) is 2.58. The minimum Gasteiger partial charge on any atom is -0.424 e. The number of hydrogen-bond acceptors (Lipinski definition) is 4. The van der Waals surface area contributed by atoms with E-state index in [1.54, 1.807) is 12.1 Å². The van der Waals surface area contributed by atoms with E-state index in [-0.39, 0.29) is 12.8 Å². The number of rotatable bonds is 6. The molecule has 1 aliphatic rings. The fraction of sp³-hybridized carbons (Fsp3) is 0.269. The van der Waals surface area contributed by atoms with Crippen molar-refractivity contribution < 1.29 is 31.5 Å². The Hall–Kier alpha value is -3.30. The Morgan fingerprint density at radius 1 is 0.886 bits per heavy atom. The maximum absolute atomic E-state index is 14.0. The first-order valence-corrected chi connectivity index (χ1v) is 11.0. The van der Waals surface area contributed by atoms with Crippen LogP contribution in [0.3, 0.4) is 0 Å². The Balaban J connectivity index is 1.74. The molecule has 0 radical (unpaired) electrons. The van der Waals surface area contributed by atoms with Crippen LogP contribution in [-0.4, -0.2) is 18.0 Å². The quantitative estimate of drug-likeness (QED) is 0.347. The van der Waals surface area contributed by atoms with E-state index in [1.807, 2.05) is 31.2 Å². The van der Waals surface area contributed by atoms with Gasteiger partial charge in [-0.2, -0.15) is 13.2 Å². The van der Waals surface area contributed by atoms with E-state index in [1.165, 1.54) is 36.4 Å². The van der Waals surface area contributed by atoms with E-state index in [9.17, 15) is 26.7 Å². The van der Waals surface area contributed by atoms with Crippen molar-refractivity contribution in [3.63, 3.8) is 0 Å². The summed E-state index contributed by atoms with van der Waals surface area (Å²) in [6.07, 6.45) is -5.04. The molecule has 0 aliphatic carbocycles. The molecule has 2 atom stereocenters. The first kappa shape index (κ1) is 24.8. The maximum atomic E-state index is 14.0. The fourth-order valence-corrected chi connectivity index (χ4v) is 4.32. The smallest absolute Gasteiger partial charge is 0.424 e. The molecule has 3 aromatic carbocycles. The summed E-state index contributed by atoms with van der Waals surface area (Å²) >= 11 is 0. The number of carbonyl (C=O) groups is 1. The number of nitrogens with one attached hydrogen (secondary N) is 2. The number of aryl methyl sites for hydroxylation is 2. The zero-order chi connectivity index (χ0) is 25.2. The molecule has 0 saturated carbocycles. The van der Waals surface area contributed by atoms with Crippen LogP contribution in [0.5, 0.6) is 0 Å². The lowest BCUT2D eigenvalue weighted by atomic mass is 9.95. The van der Waals surface area contributed by atoms with Gasteiger partial charge in [-0.15, -0.1) is 0 Å². The Kier molecular flexibility index (Phi) is 6.91. The number of carbonyl (C=O) groups excluding carboxylic acids is 1. The van der Waals surface area contributed by atoms with E-state index < -0.39 is 41.7 Å². The average Bonchev–Trinajstić information content (AvgIpc) is 3.17. The van der Waals surface area contributed by atoms with Crippen LogP contribution >= 0.6 is 0 Å². The van der Waals surface area contributed by atoms with Crippen LogP contribution in [0.25, 0.3) is 0 Å². The Bertz CT molecular complexity index is 1160. The summed E-state index contributed by atoms with van der Waals surface area (Å²) in [6, 6.07) is 16.8. The SMILES string of the molecule is Cc1cccc(CCC2(OC(=O)C(F)(F)F)NC(c3cccc(F)c3)C(c3cccc(F)c3)N2)c1. The number of halogens is 5. The second kappa shape index (κ2) is 9.75. The number of hydrogen-bond donors (Lipinski definition) is 2. The van der Waals surface area contributed by atoms with Gasteiger partial charge in [-0.3, -0.25) is 10.6 Å². The monoisotopic (exact) mass is 490 g/mol. The van der Waals surface area contributed by atoms with Crippen molar-refractivity contribution in [3.05, 3.63) is 107 Å². The molecule has 4 rings (SSSR count). The number of ether oxygens (including phenoxy) is 1. The fourth-order valence-electron chi connectivity index (χ4n) is 4.32. The van der Waals surface area contributed by atoms with Gasteiger partial charge in [0.15, 0.2) is 0 Å². The van der Waals surface area contributed by atoms with Gasteiger partial charge in [0.25, 0.3) is 0 Å². The molecule has 9 heteroatoms. The van der Waals surface area contributed by atoms with Crippen LogP contribution in [0.2, 0.25) is 0 Å². The van der Waals surface area contributed by atoms with E-state index in [0.717, 1.165) is 11.1 Å². The Morgan fingerprint density at radius 2 is 1.43 bits per heavy atom. The van der Waals surface area contributed by atoms with E-state index >= 15 is 0 Å². The van der Waals surface area contributed by atoms with Crippen molar-refractivity contribution in [1.29, 1.82) is 0 Å². The van der Waals surface area contributed by atoms with E-state index in [4.69, 9.17) is 4.74 Å². The molecule has 4 nitrogen and oxygen atoms in total. The summed E-state index contributed by atoms with van der Waals surface area (Å²) in [5, 5.41) is 5.92. The molecule has 1 fully saturated rings. The molecule has 0 spiro atoms. The van der Waals surface area contributed by atoms with Gasteiger partial charge in [-0.25, -0.2) is 13.6 Å². The van der Waals surface area contributed by atoms with Crippen molar-refractivity contribution >= 4 is 5.97 Å². The molecule has 35 heavy (non-hydrogen) atoms. The molecule has 0 amide bonds. The third-order valence-electron chi connectivity index (χ3n) is 5.87. The molecule has 0 bridgehead atoms. The lowest BCUT2D eigenvalue weighted by Gasteiger charge is -2.31. The van der Waals surface area contributed by atoms with Gasteiger partial charge in [-0.1, -0.05) is 54.1 Å². The van der Waals surface area contributed by atoms with Crippen LogP contribution in [0, 0.1) is 18.6 Å². The minimum absolute atomic E-state index is 0.0735. The summed E-state index contributed by atoms with van der Waals surface area (Å²) < 4.78 is 72.7. The minimum atomic E-state index is -5.23. The maximum Gasteiger partial charge on any atom is 0.491 e. The van der Waals surface area contributed by atoms with Crippen molar-refractivity contribution in [2.45, 2.75) is 43.9 Å². The van der Waals surface area contributed by atoms with Crippen LogP contribution in [0.1, 0.15) is 40.8 Å². The van der Waals surface area contributed by atoms with Gasteiger partial charge in [0, 0.05) is 6.42 Å². The molecule has 3 aromatic rings. The molecular formula is C26H23F5N2O2. The first-order chi connectivity index (χ1) is 16.5. The molecule has 2 unspecified atom stereocenters. The number of esters is 1. The van der Waals surface area contributed by atoms with E-state index in [2.05, 4.69) is 10.6 Å². The Morgan fingerprint density at radius 3 is 1.91 bits per heavy atom. The summed E-state index contributed by atoms with van der Waals surface area (Å²) in [4.78, 5) is 11.9. The highest BCUT2D eigenvalue weighted by Gasteiger charge is 2.52. The average molecular weight is 490 g/mol. The lowest BCUT2D eigenvalue weighted by Crippen LogP contribution is -2.55. The third-order valence-corrected chi connectivity index (χ3v) is 5.87. The number of benzene rings is 3. The van der Waals surface area contributed by atoms with Gasteiger partial charge < -0.3 is 4.74 Å². The molecule has 2 N–H and O–H groups in total. The molecule has 1 aliphatic heterocycles. The molecular weight excluding hydrogens is 467 g/mol. The standard InChI is InChI=1S/C26H23F5N2O2/c1-16-5-2-6-17(13-16)11-12-25(35-24(34)26(29,30)31)32-22(18-7-3-9-20(27)14-18)23(33-25)19-8-4-10-21(28)15-19/h2-10,13-15,22-23,32-33H,11-12H2,1H3. The summed E-state index contributed by atoms with van der Waals surface area (Å²) in [6.45, 7) is 1.88. The predicted octanol–water partition coefficient (Wildman–Crippen LogP) is 5.64. The zero-order valence-corrected chi connectivity index (χ0v) is 18.7. The molecule has 1 saturated heterocycles. The highest BCUT2D eigenvalue weighted by atomic mass is 19.4. The summed E-state index contributed by atoms with van der Waals surface area (Å²) in [7, 11) is 0. The van der Waals surface area contributed by atoms with Crippen molar-refractivity contribution in [3.8, 4) is 0 Å². The van der Waals surface area contributed by atoms with Crippen molar-refractivity contribution in [2.75, 3.05) is 0 Å². The van der Waals surface area contributed by atoms with Gasteiger partial charge in [-0.05, 0) is 54.3 Å². The molecule has 0 aromatic heterocycles. The zero-order valence-electron chi connectivity index (χ0n) is 18.7. The predicted molar refractivity (Wildman–Crippen MR) is 119 cm³/mol. The largest absolute Gasteiger partial charge is 0.491 e. The van der Waals surface area contributed by atoms with Gasteiger partial charge >= 0.3 is 12.1 Å². The van der Waals surface area contributed by atoms with Gasteiger partial charge in [0.2, 0.25) is 5.85 Å². The second-order valence-electron chi connectivity index (χ2n) is 8.56. The van der Waals surface area contributed by atoms with E-state index in [0.29, 0.717) is 11.1 Å². The topological polar surface area (TPSA) is 50.4 Å². The summed E-state index contributed by atoms with van der Waals surface area (Å²) in [5.74, 6) is -5.43. The van der Waals surface area contributed by atoms with Crippen LogP contribution < -0.4 is 10.6 Å².